The summed E-state index contributed by atoms with van der Waals surface area (Å²) in [6.07, 6.45) is 0.672. The molecule has 1 aliphatic heterocycles. The van der Waals surface area contributed by atoms with Crippen molar-refractivity contribution in [3.05, 3.63) is 93.9 Å². The summed E-state index contributed by atoms with van der Waals surface area (Å²) >= 11 is 6.26. The number of H-pyrrole nitrogens is 1. The number of rotatable bonds is 3. The fourth-order valence-electron chi connectivity index (χ4n) is 4.58. The molecule has 0 bridgehead atoms. The summed E-state index contributed by atoms with van der Waals surface area (Å²) in [5.41, 5.74) is 5.43. The Balaban J connectivity index is 1.58. The maximum atomic E-state index is 13.7. The summed E-state index contributed by atoms with van der Waals surface area (Å²) in [4.78, 5) is 18.8. The van der Waals surface area contributed by atoms with E-state index in [0.29, 0.717) is 29.4 Å². The zero-order chi connectivity index (χ0) is 23.1. The monoisotopic (exact) mass is 463 g/mol. The van der Waals surface area contributed by atoms with Crippen molar-refractivity contribution in [3.8, 4) is 5.75 Å². The van der Waals surface area contributed by atoms with Gasteiger partial charge in [-0.3, -0.25) is 0 Å². The van der Waals surface area contributed by atoms with Crippen molar-refractivity contribution in [2.45, 2.75) is 19.4 Å². The predicted molar refractivity (Wildman–Crippen MR) is 129 cm³/mol. The molecule has 4 aromatic rings. The van der Waals surface area contributed by atoms with Crippen molar-refractivity contribution in [2.24, 2.45) is 0 Å². The van der Waals surface area contributed by atoms with E-state index in [4.69, 9.17) is 16.3 Å². The zero-order valence-electron chi connectivity index (χ0n) is 18.3. The lowest BCUT2D eigenvalue weighted by molar-refractivity contribution is 0.193. The van der Waals surface area contributed by atoms with E-state index in [0.717, 1.165) is 33.3 Å². The highest BCUT2D eigenvalue weighted by molar-refractivity contribution is 6.31. The van der Waals surface area contributed by atoms with Gasteiger partial charge < -0.3 is 19.9 Å². The standard InChI is InChI=1S/C26H23ClFN3O2/c1-15-3-10-23(33-2)22(13-15)30-26(32)31-12-11-19-20-14-17(27)6-9-21(20)29-24(19)25(31)16-4-7-18(28)8-5-16/h3-10,13-14,25,29H,11-12H2,1-2H3,(H,30,32)/t25-/m1/s1. The number of halogens is 2. The number of anilines is 1. The van der Waals surface area contributed by atoms with E-state index in [-0.39, 0.29) is 11.8 Å². The molecule has 5 rings (SSSR count). The molecule has 7 heteroatoms. The molecule has 5 nitrogen and oxygen atoms in total. The fraction of sp³-hybridized carbons (Fsp3) is 0.192. The quantitative estimate of drug-likeness (QED) is 0.366. The average molecular weight is 464 g/mol. The third kappa shape index (κ3) is 3.91. The molecule has 3 aromatic carbocycles. The molecule has 0 spiro atoms. The van der Waals surface area contributed by atoms with E-state index in [9.17, 15) is 9.18 Å². The average Bonchev–Trinajstić information content (AvgIpc) is 3.17. The van der Waals surface area contributed by atoms with Gasteiger partial charge in [-0.15, -0.1) is 0 Å². The summed E-state index contributed by atoms with van der Waals surface area (Å²) in [6, 6.07) is 17.0. The Bertz CT molecular complexity index is 1350. The fourth-order valence-corrected chi connectivity index (χ4v) is 4.75. The van der Waals surface area contributed by atoms with Crippen LogP contribution < -0.4 is 10.1 Å². The van der Waals surface area contributed by atoms with E-state index in [1.54, 1.807) is 24.1 Å². The van der Waals surface area contributed by atoms with Gasteiger partial charge in [0.15, 0.2) is 0 Å². The second-order valence-electron chi connectivity index (χ2n) is 8.24. The Morgan fingerprint density at radius 3 is 2.70 bits per heavy atom. The van der Waals surface area contributed by atoms with Crippen LogP contribution in [0.5, 0.6) is 5.75 Å². The van der Waals surface area contributed by atoms with Gasteiger partial charge in [0.2, 0.25) is 0 Å². The lowest BCUT2D eigenvalue weighted by Crippen LogP contribution is -2.43. The smallest absolute Gasteiger partial charge is 0.322 e. The zero-order valence-corrected chi connectivity index (χ0v) is 19.0. The van der Waals surface area contributed by atoms with Crippen LogP contribution in [0.25, 0.3) is 10.9 Å². The Labute approximate surface area is 196 Å². The largest absolute Gasteiger partial charge is 0.495 e. The number of nitrogens with zero attached hydrogens (tertiary/aromatic N) is 1. The summed E-state index contributed by atoms with van der Waals surface area (Å²) in [7, 11) is 1.57. The molecule has 1 atom stereocenters. The van der Waals surface area contributed by atoms with Crippen molar-refractivity contribution in [1.29, 1.82) is 0 Å². The van der Waals surface area contributed by atoms with Gasteiger partial charge in [-0.25, -0.2) is 9.18 Å². The van der Waals surface area contributed by atoms with Gasteiger partial charge in [0.1, 0.15) is 11.6 Å². The molecule has 1 aliphatic rings. The molecule has 2 heterocycles. The van der Waals surface area contributed by atoms with Crippen molar-refractivity contribution in [3.63, 3.8) is 0 Å². The van der Waals surface area contributed by atoms with Gasteiger partial charge in [-0.05, 0) is 72.5 Å². The summed E-state index contributed by atoms with van der Waals surface area (Å²) in [6.45, 7) is 2.45. The highest BCUT2D eigenvalue weighted by Crippen LogP contribution is 2.39. The van der Waals surface area contributed by atoms with Crippen molar-refractivity contribution < 1.29 is 13.9 Å². The second-order valence-corrected chi connectivity index (χ2v) is 8.67. The normalized spacial score (nSPS) is 15.4. The van der Waals surface area contributed by atoms with E-state index in [2.05, 4.69) is 10.3 Å². The van der Waals surface area contributed by atoms with Crippen molar-refractivity contribution in [2.75, 3.05) is 19.0 Å². The van der Waals surface area contributed by atoms with Crippen LogP contribution in [0.3, 0.4) is 0 Å². The number of methoxy groups -OCH3 is 1. The number of benzene rings is 3. The summed E-state index contributed by atoms with van der Waals surface area (Å²) in [5, 5.41) is 4.72. The lowest BCUT2D eigenvalue weighted by atomic mass is 9.92. The number of ether oxygens (including phenoxy) is 1. The summed E-state index contributed by atoms with van der Waals surface area (Å²) < 4.78 is 19.1. The number of aromatic nitrogens is 1. The third-order valence-corrected chi connectivity index (χ3v) is 6.37. The highest BCUT2D eigenvalue weighted by Gasteiger charge is 2.35. The molecule has 0 unspecified atom stereocenters. The Hall–Kier alpha value is -3.51. The van der Waals surface area contributed by atoms with Crippen LogP contribution in [-0.4, -0.2) is 29.6 Å². The minimum Gasteiger partial charge on any atom is -0.495 e. The van der Waals surface area contributed by atoms with Gasteiger partial charge in [0, 0.05) is 28.2 Å². The van der Waals surface area contributed by atoms with Gasteiger partial charge in [-0.2, -0.15) is 0 Å². The van der Waals surface area contributed by atoms with E-state index in [1.807, 2.05) is 43.3 Å². The topological polar surface area (TPSA) is 57.4 Å². The number of aromatic amines is 1. The number of hydrogen-bond donors (Lipinski definition) is 2. The third-order valence-electron chi connectivity index (χ3n) is 6.13. The minimum absolute atomic E-state index is 0.254. The van der Waals surface area contributed by atoms with E-state index >= 15 is 0 Å². The number of carbonyl (C=O) groups excluding carboxylic acids is 1. The molecular formula is C26H23ClFN3O2. The lowest BCUT2D eigenvalue weighted by Gasteiger charge is -2.36. The summed E-state index contributed by atoms with van der Waals surface area (Å²) in [5.74, 6) is 0.268. The molecule has 0 fully saturated rings. The van der Waals surface area contributed by atoms with Crippen LogP contribution in [0, 0.1) is 12.7 Å². The van der Waals surface area contributed by atoms with Crippen LogP contribution >= 0.6 is 11.6 Å². The second kappa shape index (κ2) is 8.45. The van der Waals surface area contributed by atoms with Crippen LogP contribution in [0.15, 0.2) is 60.7 Å². The van der Waals surface area contributed by atoms with Crippen LogP contribution in [0.1, 0.15) is 28.4 Å². The molecule has 33 heavy (non-hydrogen) atoms. The van der Waals surface area contributed by atoms with Crippen molar-refractivity contribution in [1.82, 2.24) is 9.88 Å². The number of amides is 2. The molecule has 2 N–H and O–H groups in total. The van der Waals surface area contributed by atoms with Gasteiger partial charge >= 0.3 is 6.03 Å². The van der Waals surface area contributed by atoms with Gasteiger partial charge in [0.25, 0.3) is 0 Å². The van der Waals surface area contributed by atoms with Crippen molar-refractivity contribution >= 4 is 34.2 Å². The number of urea groups is 1. The van der Waals surface area contributed by atoms with E-state index in [1.165, 1.54) is 12.1 Å². The molecule has 168 valence electrons. The molecule has 0 radical (unpaired) electrons. The molecule has 0 aliphatic carbocycles. The molecular weight excluding hydrogens is 441 g/mol. The first-order valence-corrected chi connectivity index (χ1v) is 11.1. The number of nitrogens with one attached hydrogen (secondary N) is 2. The van der Waals surface area contributed by atoms with Crippen LogP contribution in [-0.2, 0) is 6.42 Å². The molecule has 1 aromatic heterocycles. The van der Waals surface area contributed by atoms with Crippen LogP contribution in [0.4, 0.5) is 14.9 Å². The number of fused-ring (bicyclic) bond motifs is 3. The molecule has 2 amide bonds. The SMILES string of the molecule is COc1ccc(C)cc1NC(=O)N1CCc2c([nH]c3ccc(Cl)cc23)[C@H]1c1ccc(F)cc1. The highest BCUT2D eigenvalue weighted by atomic mass is 35.5. The Kier molecular flexibility index (Phi) is 5.46. The Morgan fingerprint density at radius 2 is 1.94 bits per heavy atom. The first-order chi connectivity index (χ1) is 15.9. The first-order valence-electron chi connectivity index (χ1n) is 10.7. The van der Waals surface area contributed by atoms with Gasteiger partial charge in [-0.1, -0.05) is 29.8 Å². The van der Waals surface area contributed by atoms with Gasteiger partial charge in [0.05, 0.1) is 18.8 Å². The van der Waals surface area contributed by atoms with Crippen LogP contribution in [0.2, 0.25) is 5.02 Å². The molecule has 0 saturated heterocycles. The maximum Gasteiger partial charge on any atom is 0.322 e. The maximum absolute atomic E-state index is 13.7. The Morgan fingerprint density at radius 1 is 1.15 bits per heavy atom. The molecule has 0 saturated carbocycles. The number of hydrogen-bond acceptors (Lipinski definition) is 2. The first kappa shape index (κ1) is 21.3. The number of aryl methyl sites for hydroxylation is 1. The number of carbonyl (C=O) groups is 1. The van der Waals surface area contributed by atoms with E-state index < -0.39 is 6.04 Å². The minimum atomic E-state index is -0.406. The predicted octanol–water partition coefficient (Wildman–Crippen LogP) is 6.46.